The predicted molar refractivity (Wildman–Crippen MR) is 82.4 cm³/mol. The van der Waals surface area contributed by atoms with Gasteiger partial charge in [-0.15, -0.1) is 0 Å². The molecule has 3 heteroatoms. The summed E-state index contributed by atoms with van der Waals surface area (Å²) in [5, 5.41) is 8.95. The van der Waals surface area contributed by atoms with Crippen LogP contribution in [0.15, 0.2) is 24.3 Å². The van der Waals surface area contributed by atoms with Crippen molar-refractivity contribution in [3.8, 4) is 6.07 Å². The number of hydrogen-bond acceptors (Lipinski definition) is 3. The van der Waals surface area contributed by atoms with Crippen LogP contribution in [0.25, 0.3) is 0 Å². The fourth-order valence-electron chi connectivity index (χ4n) is 3.41. The van der Waals surface area contributed by atoms with Crippen LogP contribution >= 0.6 is 0 Å². The average Bonchev–Trinajstić information content (AvgIpc) is 2.73. The Labute approximate surface area is 122 Å². The molecule has 0 spiro atoms. The lowest BCUT2D eigenvalue weighted by Gasteiger charge is -2.39. The zero-order valence-corrected chi connectivity index (χ0v) is 12.8. The molecule has 20 heavy (non-hydrogen) atoms. The van der Waals surface area contributed by atoms with Gasteiger partial charge in [-0.1, -0.05) is 26.0 Å². The lowest BCUT2D eigenvalue weighted by molar-refractivity contribution is 0.0760. The van der Waals surface area contributed by atoms with Gasteiger partial charge in [0.15, 0.2) is 0 Å². The summed E-state index contributed by atoms with van der Waals surface area (Å²) in [6.07, 6.45) is 2.65. The van der Waals surface area contributed by atoms with Gasteiger partial charge in [-0.25, -0.2) is 0 Å². The molecular formula is C17H25N3. The number of hydrogen-bond donors (Lipinski definition) is 0. The van der Waals surface area contributed by atoms with Crippen LogP contribution in [0.4, 0.5) is 0 Å². The van der Waals surface area contributed by atoms with Crippen LogP contribution in [-0.4, -0.2) is 42.0 Å². The van der Waals surface area contributed by atoms with Gasteiger partial charge in [0.25, 0.3) is 0 Å². The van der Waals surface area contributed by atoms with Crippen molar-refractivity contribution in [3.05, 3.63) is 35.4 Å². The van der Waals surface area contributed by atoms with Crippen LogP contribution in [0.5, 0.6) is 0 Å². The number of nitrogens with zero attached hydrogens (tertiary/aromatic N) is 3. The first-order valence-electron chi connectivity index (χ1n) is 7.69. The first-order valence-corrected chi connectivity index (χ1v) is 7.69. The van der Waals surface area contributed by atoms with Crippen molar-refractivity contribution in [3.63, 3.8) is 0 Å². The van der Waals surface area contributed by atoms with Gasteiger partial charge in [-0.05, 0) is 37.6 Å². The van der Waals surface area contributed by atoms with Gasteiger partial charge < -0.3 is 4.90 Å². The van der Waals surface area contributed by atoms with Gasteiger partial charge >= 0.3 is 0 Å². The van der Waals surface area contributed by atoms with Gasteiger partial charge in [-0.2, -0.15) is 5.26 Å². The lowest BCUT2D eigenvalue weighted by atomic mass is 10.1. The summed E-state index contributed by atoms with van der Waals surface area (Å²) < 4.78 is 0. The largest absolute Gasteiger partial charge is 0.303 e. The summed E-state index contributed by atoms with van der Waals surface area (Å²) in [6.45, 7) is 7.38. The molecule has 2 atom stereocenters. The minimum atomic E-state index is 0.708. The number of fused-ring (bicyclic) bond motifs is 2. The molecule has 0 aromatic heterocycles. The topological polar surface area (TPSA) is 30.3 Å². The molecule has 2 heterocycles. The Bertz CT molecular complexity index is 463. The Morgan fingerprint density at radius 3 is 2.45 bits per heavy atom. The van der Waals surface area contributed by atoms with Crippen molar-refractivity contribution >= 4 is 0 Å². The van der Waals surface area contributed by atoms with E-state index in [1.165, 1.54) is 31.5 Å². The maximum atomic E-state index is 8.95. The van der Waals surface area contributed by atoms with Gasteiger partial charge in [0.2, 0.25) is 0 Å². The van der Waals surface area contributed by atoms with E-state index >= 15 is 0 Å². The summed E-state index contributed by atoms with van der Waals surface area (Å²) in [6, 6.07) is 11.7. The van der Waals surface area contributed by atoms with Crippen molar-refractivity contribution in [2.24, 2.45) is 0 Å². The van der Waals surface area contributed by atoms with E-state index in [4.69, 9.17) is 5.26 Å². The van der Waals surface area contributed by atoms with Crippen LogP contribution in [0.2, 0.25) is 0 Å². The summed E-state index contributed by atoms with van der Waals surface area (Å²) in [7, 11) is 2.22. The maximum Gasteiger partial charge on any atom is 0.0991 e. The molecule has 0 aliphatic carbocycles. The summed E-state index contributed by atoms with van der Waals surface area (Å²) in [5.41, 5.74) is 2.05. The van der Waals surface area contributed by atoms with E-state index in [-0.39, 0.29) is 0 Å². The minimum absolute atomic E-state index is 0.708. The van der Waals surface area contributed by atoms with Gasteiger partial charge in [0, 0.05) is 31.7 Å². The number of likely N-dealkylation sites (N-methyl/N-ethyl adjacent to an activating group) is 1. The molecule has 1 aromatic rings. The molecule has 0 saturated carbocycles. The quantitative estimate of drug-likeness (QED) is 0.828. The summed E-state index contributed by atoms with van der Waals surface area (Å²) >= 11 is 0. The van der Waals surface area contributed by atoms with Crippen molar-refractivity contribution in [2.45, 2.75) is 45.3 Å². The molecule has 108 valence electrons. The second kappa shape index (κ2) is 6.88. The zero-order chi connectivity index (χ0) is 14.5. The Morgan fingerprint density at radius 1 is 1.20 bits per heavy atom. The zero-order valence-electron chi connectivity index (χ0n) is 12.8. The number of rotatable bonds is 2. The van der Waals surface area contributed by atoms with E-state index in [0.29, 0.717) is 12.1 Å². The molecule has 3 nitrogen and oxygen atoms in total. The molecule has 2 saturated heterocycles. The Balaban J connectivity index is 0.000000704. The third-order valence-electron chi connectivity index (χ3n) is 4.24. The first kappa shape index (κ1) is 15.0. The minimum Gasteiger partial charge on any atom is -0.303 e. The monoisotopic (exact) mass is 271 g/mol. The highest BCUT2D eigenvalue weighted by Gasteiger charge is 2.38. The van der Waals surface area contributed by atoms with Gasteiger partial charge in [-0.3, -0.25) is 4.90 Å². The van der Waals surface area contributed by atoms with E-state index in [0.717, 1.165) is 12.1 Å². The van der Waals surface area contributed by atoms with Gasteiger partial charge in [0.1, 0.15) is 0 Å². The maximum absolute atomic E-state index is 8.95. The van der Waals surface area contributed by atoms with Crippen LogP contribution in [0, 0.1) is 11.3 Å². The number of benzene rings is 1. The molecule has 2 unspecified atom stereocenters. The number of nitriles is 1. The molecule has 2 aliphatic rings. The fourth-order valence-corrected chi connectivity index (χ4v) is 3.41. The molecule has 1 aromatic carbocycles. The molecule has 2 fully saturated rings. The highest BCUT2D eigenvalue weighted by molar-refractivity contribution is 5.32. The Morgan fingerprint density at radius 2 is 1.85 bits per heavy atom. The van der Waals surface area contributed by atoms with Crippen LogP contribution in [0.1, 0.15) is 37.8 Å². The van der Waals surface area contributed by atoms with Crippen molar-refractivity contribution in [1.29, 1.82) is 5.26 Å². The third-order valence-corrected chi connectivity index (χ3v) is 4.24. The SMILES string of the molecule is CC.CN1CC2CCC(C1)N2Cc1cccc(C#N)c1. The van der Waals surface area contributed by atoms with E-state index in [1.807, 2.05) is 32.0 Å². The molecule has 2 bridgehead atoms. The molecule has 0 amide bonds. The number of piperazine rings is 1. The van der Waals surface area contributed by atoms with Crippen LogP contribution in [-0.2, 0) is 6.54 Å². The van der Waals surface area contributed by atoms with Crippen molar-refractivity contribution in [1.82, 2.24) is 9.80 Å². The van der Waals surface area contributed by atoms with E-state index < -0.39 is 0 Å². The third kappa shape index (κ3) is 3.20. The van der Waals surface area contributed by atoms with E-state index in [2.05, 4.69) is 29.0 Å². The second-order valence-electron chi connectivity index (χ2n) is 5.59. The van der Waals surface area contributed by atoms with E-state index in [1.54, 1.807) is 0 Å². The van der Waals surface area contributed by atoms with Crippen molar-refractivity contribution < 1.29 is 0 Å². The molecule has 2 aliphatic heterocycles. The molecular weight excluding hydrogens is 246 g/mol. The molecule has 0 radical (unpaired) electrons. The van der Waals surface area contributed by atoms with E-state index in [9.17, 15) is 0 Å². The highest BCUT2D eigenvalue weighted by atomic mass is 15.3. The van der Waals surface area contributed by atoms with Gasteiger partial charge in [0.05, 0.1) is 11.6 Å². The van der Waals surface area contributed by atoms with Crippen LogP contribution < -0.4 is 0 Å². The summed E-state index contributed by atoms with van der Waals surface area (Å²) in [4.78, 5) is 5.08. The Kier molecular flexibility index (Phi) is 5.17. The average molecular weight is 271 g/mol. The fraction of sp³-hybridized carbons (Fsp3) is 0.588. The smallest absolute Gasteiger partial charge is 0.0991 e. The Hall–Kier alpha value is -1.37. The summed E-state index contributed by atoms with van der Waals surface area (Å²) in [5.74, 6) is 0. The molecule has 3 rings (SSSR count). The normalized spacial score (nSPS) is 25.7. The first-order chi connectivity index (χ1) is 9.76. The van der Waals surface area contributed by atoms with Crippen molar-refractivity contribution in [2.75, 3.05) is 20.1 Å². The lowest BCUT2D eigenvalue weighted by Crippen LogP contribution is -2.51. The standard InChI is InChI=1S/C15H19N3.C2H6/c1-17-10-14-5-6-15(11-17)18(14)9-13-4-2-3-12(7-13)8-16;1-2/h2-4,7,14-15H,5-6,9-11H2,1H3;1-2H3. The predicted octanol–water partition coefficient (Wildman–Crippen LogP) is 2.86. The molecule has 0 N–H and O–H groups in total. The number of likely N-dealkylation sites (tertiary alicyclic amines) is 1. The second-order valence-corrected chi connectivity index (χ2v) is 5.59. The highest BCUT2D eigenvalue weighted by Crippen LogP contribution is 2.30. The van der Waals surface area contributed by atoms with Crippen LogP contribution in [0.3, 0.4) is 0 Å².